The van der Waals surface area contributed by atoms with Gasteiger partial charge in [0.05, 0.1) is 13.2 Å². The second-order valence-electron chi connectivity index (χ2n) is 13.3. The van der Waals surface area contributed by atoms with Gasteiger partial charge < -0.3 is 15.0 Å². The van der Waals surface area contributed by atoms with Crippen LogP contribution in [-0.4, -0.2) is 35.0 Å². The summed E-state index contributed by atoms with van der Waals surface area (Å²) in [5.74, 6) is 6.35. The zero-order valence-electron chi connectivity index (χ0n) is 29.2. The molecule has 254 valence electrons. The third-order valence-corrected chi connectivity index (χ3v) is 11.1. The molecule has 0 spiro atoms. The molecule has 1 N–H and O–H groups in total. The van der Waals surface area contributed by atoms with Crippen molar-refractivity contribution < 1.29 is 9.53 Å². The van der Waals surface area contributed by atoms with E-state index in [1.54, 1.807) is 7.11 Å². The van der Waals surface area contributed by atoms with Crippen LogP contribution in [0, 0.1) is 28.9 Å². The maximum absolute atomic E-state index is 13.9. The van der Waals surface area contributed by atoms with Crippen molar-refractivity contribution in [1.82, 2.24) is 9.88 Å². The lowest BCUT2D eigenvalue weighted by Gasteiger charge is -2.48. The van der Waals surface area contributed by atoms with Gasteiger partial charge in [0.2, 0.25) is 0 Å². The summed E-state index contributed by atoms with van der Waals surface area (Å²) in [4.78, 5) is 20.4. The Labute approximate surface area is 304 Å². The predicted molar refractivity (Wildman–Crippen MR) is 210 cm³/mol. The number of halogens is 1. The SMILES string of the molecule is CC.CCCC.COc1ccc2c(c1)CCN(C(=O)c1csc(C#CSI)n1)C2c1ccc(NC2(C)CC3CC(C)CC(C3)C2)cc1. The molecule has 1 aromatic heterocycles. The van der Waals surface area contributed by atoms with Crippen LogP contribution in [0.2, 0.25) is 0 Å². The highest BCUT2D eigenvalue weighted by molar-refractivity contribution is 14.2. The fraction of sp³-hybridized carbons (Fsp3) is 0.538. The van der Waals surface area contributed by atoms with Crippen LogP contribution in [0.3, 0.4) is 0 Å². The van der Waals surface area contributed by atoms with Gasteiger partial charge in [0, 0.05) is 44.4 Å². The second kappa shape index (κ2) is 18.0. The molecule has 3 aromatic rings. The number of unbranched alkanes of at least 4 members (excludes halogenated alkanes) is 1. The second-order valence-corrected chi connectivity index (χ2v) is 15.9. The van der Waals surface area contributed by atoms with Crippen molar-refractivity contribution in [3.63, 3.8) is 0 Å². The number of ether oxygens (including phenoxy) is 1. The monoisotopic (exact) mass is 785 g/mol. The van der Waals surface area contributed by atoms with E-state index in [1.165, 1.54) is 70.8 Å². The lowest BCUT2D eigenvalue weighted by Crippen LogP contribution is -2.45. The number of aromatic nitrogens is 1. The fourth-order valence-corrected chi connectivity index (χ4v) is 8.90. The summed E-state index contributed by atoms with van der Waals surface area (Å²) in [6.45, 7) is 13.8. The van der Waals surface area contributed by atoms with Crippen molar-refractivity contribution in [1.29, 1.82) is 0 Å². The van der Waals surface area contributed by atoms with E-state index in [1.807, 2.05) is 30.2 Å². The van der Waals surface area contributed by atoms with Gasteiger partial charge in [0.1, 0.15) is 11.4 Å². The van der Waals surface area contributed by atoms with Crippen molar-refractivity contribution in [2.75, 3.05) is 19.0 Å². The van der Waals surface area contributed by atoms with E-state index in [0.717, 1.165) is 46.7 Å². The van der Waals surface area contributed by atoms with Crippen LogP contribution in [0.25, 0.3) is 0 Å². The number of fused-ring (bicyclic) bond motifs is 3. The third-order valence-electron chi connectivity index (χ3n) is 9.55. The summed E-state index contributed by atoms with van der Waals surface area (Å²) >= 11 is 3.56. The van der Waals surface area contributed by atoms with Crippen molar-refractivity contribution >= 4 is 53.1 Å². The fourth-order valence-electron chi connectivity index (χ4n) is 7.74. The highest BCUT2D eigenvalue weighted by atomic mass is 127. The van der Waals surface area contributed by atoms with Crippen LogP contribution in [0.1, 0.15) is 125 Å². The number of nitrogens with zero attached hydrogens (tertiary/aromatic N) is 2. The van der Waals surface area contributed by atoms with Crippen LogP contribution >= 0.6 is 41.5 Å². The lowest BCUT2D eigenvalue weighted by atomic mass is 9.62. The largest absolute Gasteiger partial charge is 0.497 e. The summed E-state index contributed by atoms with van der Waals surface area (Å²) in [6.07, 6.45) is 10.0. The van der Waals surface area contributed by atoms with E-state index >= 15 is 0 Å². The normalized spacial score (nSPS) is 24.2. The summed E-state index contributed by atoms with van der Waals surface area (Å²) in [7, 11) is 3.11. The Morgan fingerprint density at radius 3 is 2.40 bits per heavy atom. The molecule has 2 aliphatic carbocycles. The summed E-state index contributed by atoms with van der Waals surface area (Å²) < 4.78 is 5.52. The van der Waals surface area contributed by atoms with Crippen LogP contribution in [0.5, 0.6) is 5.75 Å². The van der Waals surface area contributed by atoms with Gasteiger partial charge in [-0.1, -0.05) is 65.7 Å². The Morgan fingerprint density at radius 2 is 1.79 bits per heavy atom. The number of anilines is 1. The molecule has 1 amide bonds. The molecule has 8 heteroatoms. The van der Waals surface area contributed by atoms with Gasteiger partial charge in [-0.15, -0.1) is 11.3 Å². The molecule has 1 aliphatic heterocycles. The number of hydrogen-bond donors (Lipinski definition) is 1. The van der Waals surface area contributed by atoms with Crippen molar-refractivity contribution in [3.8, 4) is 16.9 Å². The molecular weight excluding hydrogens is 733 g/mol. The van der Waals surface area contributed by atoms with Crippen molar-refractivity contribution in [2.45, 2.75) is 104 Å². The van der Waals surface area contributed by atoms with E-state index in [-0.39, 0.29) is 17.5 Å². The quantitative estimate of drug-likeness (QED) is 0.199. The molecule has 2 aromatic carbocycles. The summed E-state index contributed by atoms with van der Waals surface area (Å²) in [5.41, 5.74) is 5.22. The molecule has 3 aliphatic rings. The molecule has 3 unspecified atom stereocenters. The first kappa shape index (κ1) is 37.6. The Bertz CT molecular complexity index is 1490. The minimum atomic E-state index is -0.196. The maximum Gasteiger partial charge on any atom is 0.274 e. The highest BCUT2D eigenvalue weighted by Gasteiger charge is 2.41. The van der Waals surface area contributed by atoms with Gasteiger partial charge in [-0.05, 0) is 124 Å². The minimum absolute atomic E-state index is 0.0550. The number of hydrogen-bond acceptors (Lipinski definition) is 6. The molecule has 2 saturated carbocycles. The van der Waals surface area contributed by atoms with E-state index in [0.29, 0.717) is 17.2 Å². The number of rotatable bonds is 6. The molecule has 0 radical (unpaired) electrons. The first-order valence-electron chi connectivity index (χ1n) is 17.4. The molecule has 47 heavy (non-hydrogen) atoms. The number of nitrogens with one attached hydrogen (secondary N) is 1. The third kappa shape index (κ3) is 9.70. The summed E-state index contributed by atoms with van der Waals surface area (Å²) in [6, 6.07) is 14.8. The number of thiazole rings is 1. The average molecular weight is 786 g/mol. The number of amides is 1. The van der Waals surface area contributed by atoms with Crippen LogP contribution < -0.4 is 10.1 Å². The van der Waals surface area contributed by atoms with Crippen LogP contribution in [0.4, 0.5) is 5.69 Å². The minimum Gasteiger partial charge on any atom is -0.497 e. The maximum atomic E-state index is 13.9. The summed E-state index contributed by atoms with van der Waals surface area (Å²) in [5, 5.41) is 9.39. The lowest BCUT2D eigenvalue weighted by molar-refractivity contribution is 0.0689. The molecular formula is C39H52IN3O2S2. The molecule has 2 bridgehead atoms. The van der Waals surface area contributed by atoms with Gasteiger partial charge >= 0.3 is 0 Å². The van der Waals surface area contributed by atoms with E-state index in [2.05, 4.69) is 107 Å². The first-order chi connectivity index (χ1) is 22.7. The molecule has 2 fully saturated rings. The van der Waals surface area contributed by atoms with Crippen LogP contribution in [-0.2, 0) is 6.42 Å². The van der Waals surface area contributed by atoms with Crippen LogP contribution in [0.15, 0.2) is 47.8 Å². The number of methoxy groups -OCH3 is 1. The number of carbonyl (C=O) groups is 1. The van der Waals surface area contributed by atoms with E-state index in [4.69, 9.17) is 4.74 Å². The predicted octanol–water partition coefficient (Wildman–Crippen LogP) is 11.2. The Hall–Kier alpha value is -2.22. The molecule has 0 saturated heterocycles. The van der Waals surface area contributed by atoms with Gasteiger partial charge in [-0.2, -0.15) is 0 Å². The topological polar surface area (TPSA) is 54.5 Å². The van der Waals surface area contributed by atoms with Gasteiger partial charge in [0.25, 0.3) is 5.91 Å². The van der Waals surface area contributed by atoms with Crippen molar-refractivity contribution in [3.05, 3.63) is 75.2 Å². The molecule has 3 atom stereocenters. The highest BCUT2D eigenvalue weighted by Crippen LogP contribution is 2.47. The van der Waals surface area contributed by atoms with Gasteiger partial charge in [-0.25, -0.2) is 4.98 Å². The number of benzene rings is 2. The van der Waals surface area contributed by atoms with Crippen molar-refractivity contribution in [2.24, 2.45) is 17.8 Å². The van der Waals surface area contributed by atoms with Gasteiger partial charge in [-0.3, -0.25) is 4.79 Å². The molecule has 2 heterocycles. The van der Waals surface area contributed by atoms with Gasteiger partial charge in [0.15, 0.2) is 5.01 Å². The Morgan fingerprint density at radius 1 is 1.11 bits per heavy atom. The zero-order valence-corrected chi connectivity index (χ0v) is 33.0. The average Bonchev–Trinajstić information content (AvgIpc) is 3.56. The number of carbonyl (C=O) groups excluding carboxylic acids is 1. The molecule has 6 rings (SSSR count). The smallest absolute Gasteiger partial charge is 0.274 e. The standard InChI is InChI=1S/C33H36IN3O2S2.C4H10.C2H6/c1-21-14-22-16-23(15-21)19-33(2,18-22)36-26-6-4-24(5-7-26)31-28-9-8-27(39-3)17-25(28)10-12-37(31)32(38)29-20-40-30(35-29)11-13-41-34;1-3-4-2;1-2/h4-9,17,20-23,31,36H,10,12,14-16,18-19H2,1-3H3;3-4H2,1-2H3;1-2H3. The first-order valence-corrected chi connectivity index (χ1v) is 21.6. The molecule has 5 nitrogen and oxygen atoms in total. The van der Waals surface area contributed by atoms with E-state index in [9.17, 15) is 4.79 Å². The van der Waals surface area contributed by atoms with E-state index < -0.39 is 0 Å². The Balaban J connectivity index is 0.000000776. The zero-order chi connectivity index (χ0) is 34.0. The Kier molecular flexibility index (Phi) is 14.4.